The van der Waals surface area contributed by atoms with Crippen LogP contribution in [0, 0.1) is 12.8 Å². The molecule has 2 saturated carbocycles. The van der Waals surface area contributed by atoms with Crippen molar-refractivity contribution in [2.24, 2.45) is 5.92 Å². The summed E-state index contributed by atoms with van der Waals surface area (Å²) in [6.07, 6.45) is 8.97. The summed E-state index contributed by atoms with van der Waals surface area (Å²) in [4.78, 5) is 44.7. The lowest BCUT2D eigenvalue weighted by atomic mass is 10.1. The molecule has 1 atom stereocenters. The van der Waals surface area contributed by atoms with Crippen molar-refractivity contribution in [2.45, 2.75) is 83.2 Å². The zero-order valence-corrected chi connectivity index (χ0v) is 18.2. The van der Waals surface area contributed by atoms with Gasteiger partial charge in [0.05, 0.1) is 11.7 Å². The Morgan fingerprint density at radius 1 is 1.16 bits per heavy atom. The average Bonchev–Trinajstić information content (AvgIpc) is 3.12. The van der Waals surface area contributed by atoms with Gasteiger partial charge in [-0.2, -0.15) is 0 Å². The molecule has 2 N–H and O–H groups in total. The molecule has 1 aliphatic heterocycles. The van der Waals surface area contributed by atoms with Crippen LogP contribution in [0.1, 0.15) is 80.8 Å². The lowest BCUT2D eigenvalue weighted by Crippen LogP contribution is -2.33. The van der Waals surface area contributed by atoms with Crippen LogP contribution in [0.3, 0.4) is 0 Å². The number of amides is 2. The Labute approximate surface area is 181 Å². The van der Waals surface area contributed by atoms with Crippen LogP contribution in [0.15, 0.2) is 10.9 Å². The number of nitrogens with one attached hydrogen (secondary N) is 2. The van der Waals surface area contributed by atoms with Crippen molar-refractivity contribution in [1.82, 2.24) is 24.8 Å². The zero-order valence-electron chi connectivity index (χ0n) is 18.2. The molecular weight excluding hydrogens is 394 g/mol. The number of hydrogen-bond donors (Lipinski definition) is 2. The van der Waals surface area contributed by atoms with Crippen molar-refractivity contribution in [3.8, 4) is 0 Å². The van der Waals surface area contributed by atoms with Gasteiger partial charge in [-0.1, -0.05) is 12.8 Å². The summed E-state index contributed by atoms with van der Waals surface area (Å²) < 4.78 is 1.48. The predicted octanol–water partition coefficient (Wildman–Crippen LogP) is 2.40. The van der Waals surface area contributed by atoms with E-state index in [9.17, 15) is 14.4 Å². The molecule has 0 bridgehead atoms. The molecule has 1 saturated heterocycles. The fourth-order valence-corrected chi connectivity index (χ4v) is 5.17. The average molecular weight is 426 g/mol. The summed E-state index contributed by atoms with van der Waals surface area (Å²) in [7, 11) is 0. The number of hydrogen-bond acceptors (Lipinski definition) is 4. The van der Waals surface area contributed by atoms with Crippen LogP contribution in [0.25, 0.3) is 5.65 Å². The minimum absolute atomic E-state index is 0.00292. The van der Waals surface area contributed by atoms with E-state index in [0.29, 0.717) is 29.7 Å². The second-order valence-electron chi connectivity index (χ2n) is 9.40. The van der Waals surface area contributed by atoms with E-state index in [1.54, 1.807) is 0 Å². The topological polar surface area (TPSA) is 99.6 Å². The van der Waals surface area contributed by atoms with Gasteiger partial charge in [0, 0.05) is 42.2 Å². The van der Waals surface area contributed by atoms with Crippen molar-refractivity contribution in [1.29, 1.82) is 0 Å². The van der Waals surface area contributed by atoms with E-state index in [0.717, 1.165) is 50.8 Å². The quantitative estimate of drug-likeness (QED) is 0.742. The van der Waals surface area contributed by atoms with E-state index < -0.39 is 0 Å². The Balaban J connectivity index is 1.34. The van der Waals surface area contributed by atoms with E-state index in [-0.39, 0.29) is 35.4 Å². The van der Waals surface area contributed by atoms with Crippen LogP contribution in [-0.4, -0.2) is 43.9 Å². The Hall–Kier alpha value is -2.64. The van der Waals surface area contributed by atoms with Gasteiger partial charge < -0.3 is 10.2 Å². The van der Waals surface area contributed by atoms with Gasteiger partial charge in [0.25, 0.3) is 5.56 Å². The molecule has 8 heteroatoms. The van der Waals surface area contributed by atoms with Gasteiger partial charge in [-0.25, -0.2) is 9.50 Å². The molecule has 3 heterocycles. The third-order valence-electron chi connectivity index (χ3n) is 7.08. The Kier molecular flexibility index (Phi) is 5.32. The number of nitrogens with zero attached hydrogens (tertiary/aromatic N) is 3. The lowest BCUT2D eigenvalue weighted by Gasteiger charge is -2.23. The van der Waals surface area contributed by atoms with Gasteiger partial charge in [-0.15, -0.1) is 0 Å². The molecule has 1 unspecified atom stereocenters. The number of fused-ring (bicyclic) bond motifs is 1. The molecule has 2 aliphatic carbocycles. The normalized spacial score (nSPS) is 21.8. The number of carbonyl (C=O) groups is 2. The summed E-state index contributed by atoms with van der Waals surface area (Å²) in [5.74, 6) is 0.435. The fourth-order valence-electron chi connectivity index (χ4n) is 5.17. The van der Waals surface area contributed by atoms with Crippen molar-refractivity contribution >= 4 is 17.5 Å². The second-order valence-corrected chi connectivity index (χ2v) is 9.40. The minimum Gasteiger partial charge on any atom is -0.353 e. The number of carbonyl (C=O) groups excluding carboxylic acids is 2. The van der Waals surface area contributed by atoms with Crippen molar-refractivity contribution in [2.75, 3.05) is 6.54 Å². The Morgan fingerprint density at radius 2 is 1.94 bits per heavy atom. The van der Waals surface area contributed by atoms with Crippen molar-refractivity contribution in [3.05, 3.63) is 33.4 Å². The monoisotopic (exact) mass is 425 g/mol. The maximum absolute atomic E-state index is 13.1. The SMILES string of the molecule is Cc1nc2cc(C3CCCN3C(=O)C3CC3)[nH]n2c(=O)c1CCC(=O)NC1CCCC1. The van der Waals surface area contributed by atoms with Gasteiger partial charge >= 0.3 is 0 Å². The van der Waals surface area contributed by atoms with Gasteiger partial charge in [-0.3, -0.25) is 19.5 Å². The highest BCUT2D eigenvalue weighted by molar-refractivity contribution is 5.81. The summed E-state index contributed by atoms with van der Waals surface area (Å²) in [6, 6.07) is 2.16. The number of rotatable bonds is 6. The van der Waals surface area contributed by atoms with E-state index in [4.69, 9.17) is 0 Å². The van der Waals surface area contributed by atoms with E-state index in [2.05, 4.69) is 15.4 Å². The van der Waals surface area contributed by atoms with Crippen LogP contribution >= 0.6 is 0 Å². The van der Waals surface area contributed by atoms with Gasteiger partial charge in [0.2, 0.25) is 11.8 Å². The van der Waals surface area contributed by atoms with E-state index >= 15 is 0 Å². The first-order valence-corrected chi connectivity index (χ1v) is 11.7. The molecule has 2 aromatic rings. The highest BCUT2D eigenvalue weighted by Gasteiger charge is 2.39. The molecule has 3 fully saturated rings. The minimum atomic E-state index is -0.152. The number of aryl methyl sites for hydroxylation is 1. The van der Waals surface area contributed by atoms with Crippen molar-refractivity contribution in [3.63, 3.8) is 0 Å². The molecular formula is C23H31N5O3. The van der Waals surface area contributed by atoms with Crippen LogP contribution in [0.5, 0.6) is 0 Å². The first kappa shape index (κ1) is 20.3. The molecule has 0 spiro atoms. The smallest absolute Gasteiger partial charge is 0.276 e. The van der Waals surface area contributed by atoms with Gasteiger partial charge in [-0.05, 0) is 51.9 Å². The number of likely N-dealkylation sites (tertiary alicyclic amines) is 1. The molecule has 2 aromatic heterocycles. The first-order valence-electron chi connectivity index (χ1n) is 11.7. The van der Waals surface area contributed by atoms with Gasteiger partial charge in [0.1, 0.15) is 0 Å². The number of H-pyrrole nitrogens is 1. The lowest BCUT2D eigenvalue weighted by molar-refractivity contribution is -0.133. The summed E-state index contributed by atoms with van der Waals surface area (Å²) in [5, 5.41) is 6.29. The third kappa shape index (κ3) is 4.00. The van der Waals surface area contributed by atoms with Crippen LogP contribution in [0.4, 0.5) is 0 Å². The standard InChI is InChI=1S/C23H31N5O3/c1-14-17(10-11-21(29)25-16-5-2-3-6-16)23(31)28-20(24-14)13-18(26-28)19-7-4-12-27(19)22(30)15-8-9-15/h13,15-16,19,26H,2-12H2,1H3,(H,25,29). The largest absolute Gasteiger partial charge is 0.353 e. The zero-order chi connectivity index (χ0) is 21.5. The molecule has 3 aliphatic rings. The Bertz CT molecular complexity index is 1060. The highest BCUT2D eigenvalue weighted by atomic mass is 16.2. The molecule has 166 valence electrons. The van der Waals surface area contributed by atoms with Crippen LogP contribution < -0.4 is 10.9 Å². The third-order valence-corrected chi connectivity index (χ3v) is 7.08. The molecule has 8 nitrogen and oxygen atoms in total. The predicted molar refractivity (Wildman–Crippen MR) is 116 cm³/mol. The number of aromatic nitrogens is 3. The second kappa shape index (κ2) is 8.13. The van der Waals surface area contributed by atoms with E-state index in [1.807, 2.05) is 17.9 Å². The molecule has 2 amide bonds. The molecule has 0 radical (unpaired) electrons. The summed E-state index contributed by atoms with van der Waals surface area (Å²) in [5.41, 5.74) is 2.53. The Morgan fingerprint density at radius 3 is 2.68 bits per heavy atom. The van der Waals surface area contributed by atoms with Gasteiger partial charge in [0.15, 0.2) is 5.65 Å². The fraction of sp³-hybridized carbons (Fsp3) is 0.652. The van der Waals surface area contributed by atoms with E-state index in [1.165, 1.54) is 17.4 Å². The summed E-state index contributed by atoms with van der Waals surface area (Å²) in [6.45, 7) is 2.61. The number of aromatic amines is 1. The highest BCUT2D eigenvalue weighted by Crippen LogP contribution is 2.38. The molecule has 31 heavy (non-hydrogen) atoms. The van der Waals surface area contributed by atoms with Crippen LogP contribution in [0.2, 0.25) is 0 Å². The van der Waals surface area contributed by atoms with Crippen LogP contribution in [-0.2, 0) is 16.0 Å². The first-order chi connectivity index (χ1) is 15.0. The maximum atomic E-state index is 13.1. The molecule has 0 aromatic carbocycles. The summed E-state index contributed by atoms with van der Waals surface area (Å²) >= 11 is 0. The van der Waals surface area contributed by atoms with Crippen molar-refractivity contribution < 1.29 is 9.59 Å². The molecule has 5 rings (SSSR count). The maximum Gasteiger partial charge on any atom is 0.276 e.